The van der Waals surface area contributed by atoms with E-state index in [0.29, 0.717) is 28.7 Å². The third-order valence-corrected chi connectivity index (χ3v) is 5.29. The molecule has 1 aliphatic heterocycles. The van der Waals surface area contributed by atoms with Crippen LogP contribution in [0.2, 0.25) is 5.02 Å². The number of ether oxygens (including phenoxy) is 1. The van der Waals surface area contributed by atoms with E-state index in [9.17, 15) is 9.59 Å². The Bertz CT molecular complexity index is 1090. The molecule has 1 aliphatic rings. The highest BCUT2D eigenvalue weighted by Gasteiger charge is 2.36. The third-order valence-electron chi connectivity index (χ3n) is 5.04. The molecule has 2 heterocycles. The Kier molecular flexibility index (Phi) is 5.46. The standard InChI is InChI=1S/C22H21ClN4O3/c1-3-17-20(13-4-6-14(23)7-5-13)21-25-22(29)18(27(21)26-17)12-19(28)24-15-8-10-16(30-2)11-9-15/h4-11,18H,3,12H2,1-2H3,(H,24,28)(H,25,29). The van der Waals surface area contributed by atoms with Gasteiger partial charge in [-0.25, -0.2) is 4.68 Å². The number of hydrogen-bond donors (Lipinski definition) is 2. The summed E-state index contributed by atoms with van der Waals surface area (Å²) in [5.74, 6) is 0.794. The van der Waals surface area contributed by atoms with Crippen LogP contribution in [-0.4, -0.2) is 28.7 Å². The number of carbonyl (C=O) groups excluding carboxylic acids is 2. The van der Waals surface area contributed by atoms with Crippen molar-refractivity contribution in [1.82, 2.24) is 9.78 Å². The Morgan fingerprint density at radius 2 is 1.90 bits per heavy atom. The van der Waals surface area contributed by atoms with Crippen LogP contribution in [0.25, 0.3) is 11.1 Å². The number of benzene rings is 2. The van der Waals surface area contributed by atoms with E-state index in [4.69, 9.17) is 16.3 Å². The van der Waals surface area contributed by atoms with Crippen molar-refractivity contribution < 1.29 is 14.3 Å². The van der Waals surface area contributed by atoms with E-state index in [0.717, 1.165) is 16.8 Å². The van der Waals surface area contributed by atoms with Gasteiger partial charge in [-0.3, -0.25) is 9.59 Å². The summed E-state index contributed by atoms with van der Waals surface area (Å²) in [6.07, 6.45) is 0.675. The van der Waals surface area contributed by atoms with Crippen molar-refractivity contribution in [3.8, 4) is 16.9 Å². The van der Waals surface area contributed by atoms with Crippen molar-refractivity contribution in [2.45, 2.75) is 25.8 Å². The lowest BCUT2D eigenvalue weighted by Gasteiger charge is -2.10. The lowest BCUT2D eigenvalue weighted by Crippen LogP contribution is -2.23. The van der Waals surface area contributed by atoms with E-state index in [1.54, 1.807) is 48.2 Å². The fourth-order valence-corrected chi connectivity index (χ4v) is 3.67. The number of carbonyl (C=O) groups is 2. The molecule has 7 nitrogen and oxygen atoms in total. The van der Waals surface area contributed by atoms with Crippen molar-refractivity contribution >= 4 is 34.9 Å². The Hall–Kier alpha value is -3.32. The maximum atomic E-state index is 12.6. The summed E-state index contributed by atoms with van der Waals surface area (Å²) in [7, 11) is 1.58. The molecule has 0 saturated carbocycles. The van der Waals surface area contributed by atoms with Crippen molar-refractivity contribution in [3.63, 3.8) is 0 Å². The molecule has 2 N–H and O–H groups in total. The molecular weight excluding hydrogens is 404 g/mol. The van der Waals surface area contributed by atoms with Crippen LogP contribution in [0.5, 0.6) is 5.75 Å². The van der Waals surface area contributed by atoms with E-state index >= 15 is 0 Å². The SMILES string of the molecule is CCc1nn2c(c1-c1ccc(Cl)cc1)NC(=O)C2CC(=O)Nc1ccc(OC)cc1. The fraction of sp³-hybridized carbons (Fsp3) is 0.227. The quantitative estimate of drug-likeness (QED) is 0.618. The zero-order chi connectivity index (χ0) is 21.3. The number of anilines is 2. The second-order valence-electron chi connectivity index (χ2n) is 6.96. The molecular formula is C22H21ClN4O3. The predicted molar refractivity (Wildman–Crippen MR) is 116 cm³/mol. The maximum Gasteiger partial charge on any atom is 0.251 e. The summed E-state index contributed by atoms with van der Waals surface area (Å²) >= 11 is 6.01. The average Bonchev–Trinajstić information content (AvgIpc) is 3.24. The number of methoxy groups -OCH3 is 1. The summed E-state index contributed by atoms with van der Waals surface area (Å²) in [5, 5.41) is 11.0. The number of nitrogens with one attached hydrogen (secondary N) is 2. The van der Waals surface area contributed by atoms with Crippen LogP contribution in [0.4, 0.5) is 11.5 Å². The zero-order valence-corrected chi connectivity index (χ0v) is 17.4. The van der Waals surface area contributed by atoms with E-state index in [2.05, 4.69) is 15.7 Å². The average molecular weight is 425 g/mol. The molecule has 1 aromatic heterocycles. The summed E-state index contributed by atoms with van der Waals surface area (Å²) in [5.41, 5.74) is 3.27. The monoisotopic (exact) mass is 424 g/mol. The highest BCUT2D eigenvalue weighted by molar-refractivity contribution is 6.30. The van der Waals surface area contributed by atoms with Crippen LogP contribution in [0, 0.1) is 0 Å². The molecule has 0 fully saturated rings. The van der Waals surface area contributed by atoms with Crippen LogP contribution in [-0.2, 0) is 16.0 Å². The zero-order valence-electron chi connectivity index (χ0n) is 16.6. The Morgan fingerprint density at radius 3 is 2.53 bits per heavy atom. The van der Waals surface area contributed by atoms with Gasteiger partial charge in [0, 0.05) is 16.3 Å². The third kappa shape index (κ3) is 3.76. The molecule has 0 radical (unpaired) electrons. The highest BCUT2D eigenvalue weighted by Crippen LogP contribution is 2.39. The van der Waals surface area contributed by atoms with Crippen molar-refractivity contribution in [1.29, 1.82) is 0 Å². The minimum Gasteiger partial charge on any atom is -0.497 e. The van der Waals surface area contributed by atoms with Gasteiger partial charge in [-0.2, -0.15) is 5.10 Å². The van der Waals surface area contributed by atoms with Gasteiger partial charge in [-0.15, -0.1) is 0 Å². The van der Waals surface area contributed by atoms with Gasteiger partial charge in [-0.05, 0) is 48.4 Å². The van der Waals surface area contributed by atoms with Gasteiger partial charge in [0.15, 0.2) is 0 Å². The van der Waals surface area contributed by atoms with Crippen LogP contribution >= 0.6 is 11.6 Å². The maximum absolute atomic E-state index is 12.6. The Balaban J connectivity index is 1.57. The summed E-state index contributed by atoms with van der Waals surface area (Å²) in [6, 6.07) is 13.7. The summed E-state index contributed by atoms with van der Waals surface area (Å²) < 4.78 is 6.74. The minimum absolute atomic E-state index is 0.0181. The molecule has 1 unspecified atom stereocenters. The minimum atomic E-state index is -0.704. The van der Waals surface area contributed by atoms with Crippen LogP contribution in [0.15, 0.2) is 48.5 Å². The summed E-state index contributed by atoms with van der Waals surface area (Å²) in [4.78, 5) is 25.2. The molecule has 2 aromatic carbocycles. The predicted octanol–water partition coefficient (Wildman–Crippen LogP) is 4.30. The number of halogens is 1. The largest absolute Gasteiger partial charge is 0.497 e. The molecule has 30 heavy (non-hydrogen) atoms. The van der Waals surface area contributed by atoms with Crippen molar-refractivity contribution in [2.24, 2.45) is 0 Å². The van der Waals surface area contributed by atoms with Gasteiger partial charge in [0.2, 0.25) is 5.91 Å². The lowest BCUT2D eigenvalue weighted by molar-refractivity contribution is -0.123. The number of aryl methyl sites for hydroxylation is 1. The molecule has 2 amide bonds. The first kappa shape index (κ1) is 20.0. The van der Waals surface area contributed by atoms with Crippen molar-refractivity contribution in [2.75, 3.05) is 17.7 Å². The van der Waals surface area contributed by atoms with Gasteiger partial charge in [0.05, 0.1) is 19.2 Å². The van der Waals surface area contributed by atoms with Crippen LogP contribution in [0.3, 0.4) is 0 Å². The van der Waals surface area contributed by atoms with E-state index in [-0.39, 0.29) is 18.2 Å². The Morgan fingerprint density at radius 1 is 1.20 bits per heavy atom. The smallest absolute Gasteiger partial charge is 0.251 e. The van der Waals surface area contributed by atoms with Crippen LogP contribution in [0.1, 0.15) is 25.1 Å². The fourth-order valence-electron chi connectivity index (χ4n) is 3.55. The number of rotatable bonds is 6. The summed E-state index contributed by atoms with van der Waals surface area (Å²) in [6.45, 7) is 2.00. The number of amides is 2. The van der Waals surface area contributed by atoms with E-state index in [1.165, 1.54) is 0 Å². The lowest BCUT2D eigenvalue weighted by atomic mass is 10.0. The van der Waals surface area contributed by atoms with Gasteiger partial charge < -0.3 is 15.4 Å². The molecule has 8 heteroatoms. The second-order valence-corrected chi connectivity index (χ2v) is 7.40. The highest BCUT2D eigenvalue weighted by atomic mass is 35.5. The molecule has 3 aromatic rings. The first-order valence-corrected chi connectivity index (χ1v) is 10.00. The molecule has 0 saturated heterocycles. The topological polar surface area (TPSA) is 85.2 Å². The van der Waals surface area contributed by atoms with E-state index in [1.807, 2.05) is 19.1 Å². The van der Waals surface area contributed by atoms with Crippen molar-refractivity contribution in [3.05, 3.63) is 59.2 Å². The number of hydrogen-bond acceptors (Lipinski definition) is 4. The number of aromatic nitrogens is 2. The first-order chi connectivity index (χ1) is 14.5. The first-order valence-electron chi connectivity index (χ1n) is 9.62. The molecule has 0 bridgehead atoms. The molecule has 1 atom stereocenters. The van der Waals surface area contributed by atoms with E-state index < -0.39 is 6.04 Å². The van der Waals surface area contributed by atoms with Gasteiger partial charge in [0.1, 0.15) is 17.6 Å². The van der Waals surface area contributed by atoms with Gasteiger partial charge >= 0.3 is 0 Å². The number of fused-ring (bicyclic) bond motifs is 1. The van der Waals surface area contributed by atoms with Gasteiger partial charge in [0.25, 0.3) is 5.91 Å². The molecule has 4 rings (SSSR count). The second kappa shape index (κ2) is 8.20. The number of nitrogens with zero attached hydrogens (tertiary/aromatic N) is 2. The van der Waals surface area contributed by atoms with Gasteiger partial charge in [-0.1, -0.05) is 30.7 Å². The molecule has 154 valence electrons. The molecule has 0 spiro atoms. The Labute approximate surface area is 179 Å². The van der Waals surface area contributed by atoms with Crippen LogP contribution < -0.4 is 15.4 Å². The molecule has 0 aliphatic carbocycles. The normalized spacial score (nSPS) is 14.9.